The molecule has 6 heteroatoms. The van der Waals surface area contributed by atoms with Crippen LogP contribution in [0.15, 0.2) is 23.1 Å². The summed E-state index contributed by atoms with van der Waals surface area (Å²) >= 11 is 0. The van der Waals surface area contributed by atoms with Gasteiger partial charge in [0.25, 0.3) is 0 Å². The van der Waals surface area contributed by atoms with Crippen LogP contribution in [0.1, 0.15) is 26.2 Å². The average molecular weight is 283 g/mol. The molecule has 0 unspecified atom stereocenters. The summed E-state index contributed by atoms with van der Waals surface area (Å²) in [5.41, 5.74) is 0.159. The summed E-state index contributed by atoms with van der Waals surface area (Å²) < 4.78 is 23.5. The Morgan fingerprint density at radius 3 is 2.63 bits per heavy atom. The zero-order valence-corrected chi connectivity index (χ0v) is 11.5. The molecule has 2 rings (SSSR count). The fraction of sp³-hybridized carbons (Fsp3) is 0.462. The molecular weight excluding hydrogens is 266 g/mol. The van der Waals surface area contributed by atoms with E-state index in [4.69, 9.17) is 0 Å². The molecule has 0 aliphatic heterocycles. The van der Waals surface area contributed by atoms with E-state index in [9.17, 15) is 18.3 Å². The van der Waals surface area contributed by atoms with Crippen molar-refractivity contribution in [2.75, 3.05) is 11.1 Å². The number of phenolic OH excluding ortho intramolecular Hbond substituents is 1. The van der Waals surface area contributed by atoms with Gasteiger partial charge in [-0.3, -0.25) is 4.79 Å². The van der Waals surface area contributed by atoms with E-state index in [1.165, 1.54) is 18.2 Å². The van der Waals surface area contributed by atoms with Crippen LogP contribution in [0.4, 0.5) is 5.69 Å². The first kappa shape index (κ1) is 13.9. The Morgan fingerprint density at radius 1 is 1.42 bits per heavy atom. The molecule has 1 fully saturated rings. The lowest BCUT2D eigenvalue weighted by molar-refractivity contribution is -0.122. The Hall–Kier alpha value is -1.56. The molecule has 5 nitrogen and oxygen atoms in total. The van der Waals surface area contributed by atoms with Crippen LogP contribution in [0, 0.1) is 5.92 Å². The predicted molar refractivity (Wildman–Crippen MR) is 71.8 cm³/mol. The van der Waals surface area contributed by atoms with Gasteiger partial charge in [0.2, 0.25) is 5.91 Å². The van der Waals surface area contributed by atoms with Crippen molar-refractivity contribution in [1.29, 1.82) is 0 Å². The second-order valence-electron chi connectivity index (χ2n) is 4.70. The van der Waals surface area contributed by atoms with Gasteiger partial charge < -0.3 is 10.4 Å². The van der Waals surface area contributed by atoms with Crippen LogP contribution in [-0.2, 0) is 14.6 Å². The van der Waals surface area contributed by atoms with Crippen molar-refractivity contribution in [2.45, 2.75) is 31.1 Å². The number of carbonyl (C=O) groups is 1. The van der Waals surface area contributed by atoms with Crippen molar-refractivity contribution in [3.63, 3.8) is 0 Å². The first-order chi connectivity index (χ1) is 8.94. The molecular formula is C13H17NO4S. The number of amides is 1. The summed E-state index contributed by atoms with van der Waals surface area (Å²) in [7, 11) is -3.35. The van der Waals surface area contributed by atoms with Crippen LogP contribution in [0.2, 0.25) is 0 Å². The van der Waals surface area contributed by atoms with Gasteiger partial charge in [-0.15, -0.1) is 0 Å². The van der Waals surface area contributed by atoms with Crippen LogP contribution in [0.3, 0.4) is 0 Å². The average Bonchev–Trinajstić information content (AvgIpc) is 2.29. The lowest BCUT2D eigenvalue weighted by Gasteiger charge is -2.24. The van der Waals surface area contributed by atoms with Gasteiger partial charge in [-0.1, -0.05) is 13.3 Å². The normalized spacial score (nSPS) is 15.8. The standard InChI is InChI=1S/C13H17NO4S/c1-2-19(17,18)10-6-7-12(15)11(8-10)14-13(16)9-4-3-5-9/h6-9,15H,2-5H2,1H3,(H,14,16). The van der Waals surface area contributed by atoms with Crippen molar-refractivity contribution in [2.24, 2.45) is 5.92 Å². The minimum Gasteiger partial charge on any atom is -0.506 e. The number of hydrogen-bond donors (Lipinski definition) is 2. The number of nitrogens with one attached hydrogen (secondary N) is 1. The quantitative estimate of drug-likeness (QED) is 0.827. The molecule has 1 aromatic carbocycles. The summed E-state index contributed by atoms with van der Waals surface area (Å²) in [6.07, 6.45) is 2.73. The third kappa shape index (κ3) is 2.89. The molecule has 19 heavy (non-hydrogen) atoms. The third-order valence-electron chi connectivity index (χ3n) is 3.44. The highest BCUT2D eigenvalue weighted by Gasteiger charge is 2.26. The number of rotatable bonds is 4. The Labute approximate surface area is 112 Å². The number of hydrogen-bond acceptors (Lipinski definition) is 4. The number of anilines is 1. The number of carbonyl (C=O) groups excluding carboxylic acids is 1. The van der Waals surface area contributed by atoms with Gasteiger partial charge in [-0.25, -0.2) is 8.42 Å². The molecule has 1 amide bonds. The van der Waals surface area contributed by atoms with E-state index in [0.29, 0.717) is 0 Å². The zero-order valence-electron chi connectivity index (χ0n) is 10.7. The topological polar surface area (TPSA) is 83.5 Å². The highest BCUT2D eigenvalue weighted by Crippen LogP contribution is 2.31. The monoisotopic (exact) mass is 283 g/mol. The number of phenols is 1. The van der Waals surface area contributed by atoms with Gasteiger partial charge in [0.15, 0.2) is 9.84 Å². The molecule has 1 saturated carbocycles. The van der Waals surface area contributed by atoms with Gasteiger partial charge in [0.05, 0.1) is 16.3 Å². The van der Waals surface area contributed by atoms with Crippen molar-refractivity contribution < 1.29 is 18.3 Å². The summed E-state index contributed by atoms with van der Waals surface area (Å²) in [6.45, 7) is 1.55. The lowest BCUT2D eigenvalue weighted by atomic mass is 9.85. The maximum Gasteiger partial charge on any atom is 0.227 e. The summed E-state index contributed by atoms with van der Waals surface area (Å²) in [6, 6.07) is 3.94. The highest BCUT2D eigenvalue weighted by molar-refractivity contribution is 7.91. The fourth-order valence-corrected chi connectivity index (χ4v) is 2.79. The summed E-state index contributed by atoms with van der Waals surface area (Å²) in [4.78, 5) is 11.9. The van der Waals surface area contributed by atoms with Crippen molar-refractivity contribution in [3.8, 4) is 5.75 Å². The Kier molecular flexibility index (Phi) is 3.80. The van der Waals surface area contributed by atoms with Gasteiger partial charge in [0.1, 0.15) is 5.75 Å². The Bertz CT molecular complexity index is 591. The second kappa shape index (κ2) is 5.21. The first-order valence-corrected chi connectivity index (χ1v) is 7.96. The maximum absolute atomic E-state index is 11.8. The van der Waals surface area contributed by atoms with E-state index in [0.717, 1.165) is 19.3 Å². The van der Waals surface area contributed by atoms with Crippen LogP contribution >= 0.6 is 0 Å². The van der Waals surface area contributed by atoms with E-state index < -0.39 is 9.84 Å². The van der Waals surface area contributed by atoms with Crippen LogP contribution in [0.25, 0.3) is 0 Å². The van der Waals surface area contributed by atoms with Gasteiger partial charge in [0, 0.05) is 5.92 Å². The highest BCUT2D eigenvalue weighted by atomic mass is 32.2. The minimum atomic E-state index is -3.35. The van der Waals surface area contributed by atoms with Gasteiger partial charge >= 0.3 is 0 Å². The Balaban J connectivity index is 2.24. The van der Waals surface area contributed by atoms with Crippen LogP contribution in [-0.4, -0.2) is 25.2 Å². The predicted octanol–water partition coefficient (Wildman–Crippen LogP) is 1.92. The third-order valence-corrected chi connectivity index (χ3v) is 5.17. The smallest absolute Gasteiger partial charge is 0.227 e. The van der Waals surface area contributed by atoms with E-state index in [1.54, 1.807) is 6.92 Å². The summed E-state index contributed by atoms with van der Waals surface area (Å²) in [5, 5.41) is 12.3. The maximum atomic E-state index is 11.8. The molecule has 0 aromatic heterocycles. The molecule has 104 valence electrons. The number of sulfone groups is 1. The minimum absolute atomic E-state index is 0.0201. The van der Waals surface area contributed by atoms with Crippen molar-refractivity contribution in [1.82, 2.24) is 0 Å². The largest absolute Gasteiger partial charge is 0.506 e. The number of benzene rings is 1. The Morgan fingerprint density at radius 2 is 2.11 bits per heavy atom. The van der Waals surface area contributed by atoms with Crippen LogP contribution < -0.4 is 5.32 Å². The van der Waals surface area contributed by atoms with E-state index in [-0.39, 0.29) is 33.9 Å². The molecule has 2 N–H and O–H groups in total. The molecule has 0 saturated heterocycles. The van der Waals surface area contributed by atoms with E-state index in [1.807, 2.05) is 0 Å². The molecule has 0 atom stereocenters. The molecule has 1 aromatic rings. The molecule has 0 heterocycles. The van der Waals surface area contributed by atoms with E-state index >= 15 is 0 Å². The van der Waals surface area contributed by atoms with Crippen molar-refractivity contribution in [3.05, 3.63) is 18.2 Å². The second-order valence-corrected chi connectivity index (χ2v) is 6.98. The molecule has 0 bridgehead atoms. The molecule has 1 aliphatic rings. The van der Waals surface area contributed by atoms with Gasteiger partial charge in [-0.2, -0.15) is 0 Å². The lowest BCUT2D eigenvalue weighted by Crippen LogP contribution is -2.28. The zero-order chi connectivity index (χ0) is 14.0. The van der Waals surface area contributed by atoms with Gasteiger partial charge in [-0.05, 0) is 31.0 Å². The SMILES string of the molecule is CCS(=O)(=O)c1ccc(O)c(NC(=O)C2CCC2)c1. The van der Waals surface area contributed by atoms with Crippen molar-refractivity contribution >= 4 is 21.4 Å². The molecule has 0 spiro atoms. The first-order valence-electron chi connectivity index (χ1n) is 6.30. The molecule has 1 aliphatic carbocycles. The summed E-state index contributed by atoms with van der Waals surface area (Å²) in [5.74, 6) is -0.325. The van der Waals surface area contributed by atoms with E-state index in [2.05, 4.69) is 5.32 Å². The number of aromatic hydroxyl groups is 1. The fourth-order valence-electron chi connectivity index (χ4n) is 1.88. The van der Waals surface area contributed by atoms with Crippen LogP contribution in [0.5, 0.6) is 5.75 Å². The molecule has 0 radical (unpaired) electrons.